The molecule has 0 fully saturated rings. The molecule has 0 unspecified atom stereocenters. The third-order valence-electron chi connectivity index (χ3n) is 3.79. The van der Waals surface area contributed by atoms with Crippen LogP contribution >= 0.6 is 0 Å². The summed E-state index contributed by atoms with van der Waals surface area (Å²) in [5.41, 5.74) is 0.914. The van der Waals surface area contributed by atoms with Gasteiger partial charge in [0.25, 0.3) is 10.0 Å². The van der Waals surface area contributed by atoms with Crippen molar-refractivity contribution in [2.45, 2.75) is 11.8 Å². The number of benzene rings is 2. The van der Waals surface area contributed by atoms with Gasteiger partial charge in [0, 0.05) is 0 Å². The number of anilines is 1. The predicted molar refractivity (Wildman–Crippen MR) is 97.7 cm³/mol. The largest absolute Gasteiger partial charge is 0.495 e. The number of ether oxygens (including phenoxy) is 3. The Hall–Kier alpha value is -3.07. The Morgan fingerprint density at radius 2 is 1.59 bits per heavy atom. The van der Waals surface area contributed by atoms with E-state index in [2.05, 4.69) is 14.2 Å². The lowest BCUT2D eigenvalue weighted by molar-refractivity contribution is 0.0591. The summed E-state index contributed by atoms with van der Waals surface area (Å²) in [7, 11) is -0.267. The van der Waals surface area contributed by atoms with Crippen molar-refractivity contribution in [2.24, 2.45) is 0 Å². The Kier molecular flexibility index (Phi) is 6.06. The van der Waals surface area contributed by atoms with Crippen molar-refractivity contribution in [1.82, 2.24) is 0 Å². The molecular formula is C18H19NO7S. The SMILES string of the molecule is COC(=O)c1ccc(OC)c(NS(=O)(=O)c2ccc(C)c(C(=O)OC)c2)c1. The number of carbonyl (C=O) groups excluding carboxylic acids is 2. The second-order valence-corrected chi connectivity index (χ2v) is 7.16. The highest BCUT2D eigenvalue weighted by atomic mass is 32.2. The highest BCUT2D eigenvalue weighted by Crippen LogP contribution is 2.29. The molecule has 8 nitrogen and oxygen atoms in total. The molecule has 2 rings (SSSR count). The maximum Gasteiger partial charge on any atom is 0.338 e. The molecule has 2 aromatic carbocycles. The molecule has 0 spiro atoms. The highest BCUT2D eigenvalue weighted by molar-refractivity contribution is 7.92. The van der Waals surface area contributed by atoms with E-state index in [0.29, 0.717) is 5.56 Å². The van der Waals surface area contributed by atoms with E-state index in [1.54, 1.807) is 6.92 Å². The molecule has 0 saturated heterocycles. The monoisotopic (exact) mass is 393 g/mol. The van der Waals surface area contributed by atoms with E-state index >= 15 is 0 Å². The average molecular weight is 393 g/mol. The summed E-state index contributed by atoms with van der Waals surface area (Å²) < 4.78 is 42.3. The summed E-state index contributed by atoms with van der Waals surface area (Å²) in [6.07, 6.45) is 0. The Morgan fingerprint density at radius 3 is 2.19 bits per heavy atom. The Labute approximate surface area is 157 Å². The molecule has 9 heteroatoms. The van der Waals surface area contributed by atoms with Crippen molar-refractivity contribution in [3.8, 4) is 5.75 Å². The zero-order valence-corrected chi connectivity index (χ0v) is 16.0. The van der Waals surface area contributed by atoms with E-state index in [-0.39, 0.29) is 27.5 Å². The predicted octanol–water partition coefficient (Wildman–Crippen LogP) is 2.38. The fourth-order valence-electron chi connectivity index (χ4n) is 2.33. The zero-order chi connectivity index (χ0) is 20.2. The van der Waals surface area contributed by atoms with Gasteiger partial charge in [-0.05, 0) is 42.8 Å². The molecular weight excluding hydrogens is 374 g/mol. The van der Waals surface area contributed by atoms with Gasteiger partial charge in [0.05, 0.1) is 43.0 Å². The van der Waals surface area contributed by atoms with Crippen molar-refractivity contribution < 1.29 is 32.2 Å². The van der Waals surface area contributed by atoms with Crippen LogP contribution in [0.2, 0.25) is 0 Å². The van der Waals surface area contributed by atoms with Gasteiger partial charge in [0.1, 0.15) is 5.75 Å². The maximum atomic E-state index is 12.8. The fraction of sp³-hybridized carbons (Fsp3) is 0.222. The summed E-state index contributed by atoms with van der Waals surface area (Å²) in [5, 5.41) is 0. The number of sulfonamides is 1. The van der Waals surface area contributed by atoms with Gasteiger partial charge in [-0.2, -0.15) is 0 Å². The number of hydrogen-bond donors (Lipinski definition) is 1. The van der Waals surface area contributed by atoms with Crippen LogP contribution in [0.3, 0.4) is 0 Å². The van der Waals surface area contributed by atoms with Gasteiger partial charge in [0.15, 0.2) is 0 Å². The van der Waals surface area contributed by atoms with Crippen LogP contribution in [0.15, 0.2) is 41.3 Å². The second-order valence-electron chi connectivity index (χ2n) is 5.48. The van der Waals surface area contributed by atoms with Gasteiger partial charge in [-0.1, -0.05) is 6.07 Å². The second kappa shape index (κ2) is 8.09. The molecule has 0 aliphatic carbocycles. The van der Waals surface area contributed by atoms with E-state index in [4.69, 9.17) is 4.74 Å². The number of hydrogen-bond acceptors (Lipinski definition) is 7. The number of esters is 2. The van der Waals surface area contributed by atoms with E-state index in [9.17, 15) is 18.0 Å². The Morgan fingerprint density at radius 1 is 0.926 bits per heavy atom. The highest BCUT2D eigenvalue weighted by Gasteiger charge is 2.21. The normalized spacial score (nSPS) is 10.8. The molecule has 0 saturated carbocycles. The van der Waals surface area contributed by atoms with E-state index < -0.39 is 22.0 Å². The Bertz CT molecular complexity index is 983. The van der Waals surface area contributed by atoms with Gasteiger partial charge in [-0.3, -0.25) is 4.72 Å². The number of nitrogens with one attached hydrogen (secondary N) is 1. The van der Waals surface area contributed by atoms with Crippen LogP contribution in [-0.2, 0) is 19.5 Å². The molecule has 27 heavy (non-hydrogen) atoms. The molecule has 0 aliphatic heterocycles. The number of rotatable bonds is 6. The zero-order valence-electron chi connectivity index (χ0n) is 15.2. The first-order valence-electron chi connectivity index (χ1n) is 7.71. The smallest absolute Gasteiger partial charge is 0.338 e. The minimum Gasteiger partial charge on any atom is -0.495 e. The van der Waals surface area contributed by atoms with Gasteiger partial charge in [0.2, 0.25) is 0 Å². The Balaban J connectivity index is 2.47. The number of methoxy groups -OCH3 is 3. The number of aryl methyl sites for hydroxylation is 1. The third kappa shape index (κ3) is 4.37. The quantitative estimate of drug-likeness (QED) is 0.751. The van der Waals surface area contributed by atoms with Crippen LogP contribution in [-0.4, -0.2) is 41.7 Å². The summed E-state index contributed by atoms with van der Waals surface area (Å²) >= 11 is 0. The third-order valence-corrected chi connectivity index (χ3v) is 5.15. The first-order valence-corrected chi connectivity index (χ1v) is 9.20. The first-order chi connectivity index (χ1) is 12.7. The van der Waals surface area contributed by atoms with Gasteiger partial charge in [-0.25, -0.2) is 18.0 Å². The first kappa shape index (κ1) is 20.2. The lowest BCUT2D eigenvalue weighted by Gasteiger charge is -2.14. The summed E-state index contributed by atoms with van der Waals surface area (Å²) in [6, 6.07) is 8.28. The fourth-order valence-corrected chi connectivity index (χ4v) is 3.42. The minimum absolute atomic E-state index is 0.0561. The van der Waals surface area contributed by atoms with Gasteiger partial charge in [-0.15, -0.1) is 0 Å². The maximum absolute atomic E-state index is 12.8. The molecule has 0 atom stereocenters. The summed E-state index contributed by atoms with van der Waals surface area (Å²) in [6.45, 7) is 1.67. The van der Waals surface area contributed by atoms with Crippen molar-refractivity contribution in [2.75, 3.05) is 26.1 Å². The molecule has 0 bridgehead atoms. The van der Waals surface area contributed by atoms with E-state index in [1.807, 2.05) is 0 Å². The summed E-state index contributed by atoms with van der Waals surface area (Å²) in [5.74, 6) is -1.05. The van der Waals surface area contributed by atoms with Gasteiger partial charge < -0.3 is 14.2 Å². The molecule has 0 heterocycles. The van der Waals surface area contributed by atoms with Crippen LogP contribution in [0, 0.1) is 6.92 Å². The summed E-state index contributed by atoms with van der Waals surface area (Å²) in [4.78, 5) is 23.4. The van der Waals surface area contributed by atoms with Gasteiger partial charge >= 0.3 is 11.9 Å². The number of carbonyl (C=O) groups is 2. The molecule has 1 N–H and O–H groups in total. The van der Waals surface area contributed by atoms with E-state index in [1.165, 1.54) is 57.7 Å². The van der Waals surface area contributed by atoms with E-state index in [0.717, 1.165) is 0 Å². The lowest BCUT2D eigenvalue weighted by atomic mass is 10.1. The van der Waals surface area contributed by atoms with Crippen molar-refractivity contribution in [1.29, 1.82) is 0 Å². The lowest BCUT2D eigenvalue weighted by Crippen LogP contribution is -2.16. The molecule has 0 aromatic heterocycles. The van der Waals surface area contributed by atoms with Crippen LogP contribution < -0.4 is 9.46 Å². The molecule has 0 radical (unpaired) electrons. The van der Waals surface area contributed by atoms with Crippen molar-refractivity contribution >= 4 is 27.6 Å². The molecule has 0 amide bonds. The van der Waals surface area contributed by atoms with Crippen LogP contribution in [0.5, 0.6) is 5.75 Å². The van der Waals surface area contributed by atoms with Crippen molar-refractivity contribution in [3.05, 3.63) is 53.1 Å². The van der Waals surface area contributed by atoms with Crippen molar-refractivity contribution in [3.63, 3.8) is 0 Å². The minimum atomic E-state index is -4.07. The van der Waals surface area contributed by atoms with Crippen LogP contribution in [0.25, 0.3) is 0 Å². The van der Waals surface area contributed by atoms with Crippen LogP contribution in [0.4, 0.5) is 5.69 Å². The topological polar surface area (TPSA) is 108 Å². The van der Waals surface area contributed by atoms with Crippen LogP contribution in [0.1, 0.15) is 26.3 Å². The standard InChI is InChI=1S/C18H19NO7S/c1-11-5-7-13(10-14(11)18(21)26-4)27(22,23)19-15-9-12(17(20)25-3)6-8-16(15)24-2/h5-10,19H,1-4H3. The average Bonchev–Trinajstić information content (AvgIpc) is 2.66. The molecule has 144 valence electrons. The molecule has 0 aliphatic rings. The molecule has 2 aromatic rings.